The minimum Gasteiger partial charge on any atom is -0.345 e. The van der Waals surface area contributed by atoms with Crippen LogP contribution in [0.4, 0.5) is 0 Å². The van der Waals surface area contributed by atoms with E-state index in [-0.39, 0.29) is 0 Å². The monoisotopic (exact) mass is 438 g/mol. The van der Waals surface area contributed by atoms with E-state index in [1.54, 1.807) is 0 Å². The number of rotatable bonds is 3. The van der Waals surface area contributed by atoms with E-state index in [0.717, 1.165) is 43.2 Å². The second-order valence-corrected chi connectivity index (χ2v) is 7.28. The maximum absolute atomic E-state index is 5.95. The van der Waals surface area contributed by atoms with Crippen molar-refractivity contribution in [2.45, 2.75) is 13.3 Å². The SMILES string of the molecule is Cc1[nH]c(Cc2cc(Br)ccc2Br)nc1-c1ccc(Cl)cc1. The Morgan fingerprint density at radius 3 is 2.55 bits per heavy atom. The minimum absolute atomic E-state index is 0.732. The summed E-state index contributed by atoms with van der Waals surface area (Å²) in [6.07, 6.45) is 0.744. The quantitative estimate of drug-likeness (QED) is 0.520. The van der Waals surface area contributed by atoms with Crippen LogP contribution in [0.2, 0.25) is 5.02 Å². The Kier molecular flexibility index (Phi) is 4.71. The molecular weight excluding hydrogens is 427 g/mol. The van der Waals surface area contributed by atoms with Crippen molar-refractivity contribution in [1.29, 1.82) is 0 Å². The van der Waals surface area contributed by atoms with Gasteiger partial charge in [0.25, 0.3) is 0 Å². The van der Waals surface area contributed by atoms with Crippen LogP contribution in [0.25, 0.3) is 11.3 Å². The molecule has 112 valence electrons. The van der Waals surface area contributed by atoms with Crippen LogP contribution < -0.4 is 0 Å². The largest absolute Gasteiger partial charge is 0.345 e. The highest BCUT2D eigenvalue weighted by Gasteiger charge is 2.11. The van der Waals surface area contributed by atoms with E-state index < -0.39 is 0 Å². The van der Waals surface area contributed by atoms with Crippen LogP contribution in [0.3, 0.4) is 0 Å². The third-order valence-electron chi connectivity index (χ3n) is 3.42. The first-order valence-electron chi connectivity index (χ1n) is 6.78. The number of aromatic amines is 1. The van der Waals surface area contributed by atoms with Gasteiger partial charge in [-0.05, 0) is 42.8 Å². The first-order valence-corrected chi connectivity index (χ1v) is 8.74. The molecule has 3 aromatic rings. The van der Waals surface area contributed by atoms with Gasteiger partial charge in [0.05, 0.1) is 5.69 Å². The summed E-state index contributed by atoms with van der Waals surface area (Å²) in [5, 5.41) is 0.732. The summed E-state index contributed by atoms with van der Waals surface area (Å²) in [5.74, 6) is 0.946. The van der Waals surface area contributed by atoms with Crippen molar-refractivity contribution >= 4 is 43.5 Å². The molecule has 0 saturated heterocycles. The van der Waals surface area contributed by atoms with Crippen molar-refractivity contribution in [1.82, 2.24) is 9.97 Å². The molecule has 1 N–H and O–H groups in total. The molecule has 0 saturated carbocycles. The summed E-state index contributed by atoms with van der Waals surface area (Å²) in [4.78, 5) is 8.11. The molecule has 0 atom stereocenters. The van der Waals surface area contributed by atoms with Crippen LogP contribution in [-0.4, -0.2) is 9.97 Å². The number of nitrogens with zero attached hydrogens (tertiary/aromatic N) is 1. The number of aromatic nitrogens is 2. The molecule has 0 radical (unpaired) electrons. The number of halogens is 3. The fourth-order valence-electron chi connectivity index (χ4n) is 2.35. The lowest BCUT2D eigenvalue weighted by molar-refractivity contribution is 1.01. The van der Waals surface area contributed by atoms with Gasteiger partial charge in [-0.1, -0.05) is 55.6 Å². The van der Waals surface area contributed by atoms with E-state index in [1.165, 1.54) is 5.56 Å². The summed E-state index contributed by atoms with van der Waals surface area (Å²) < 4.78 is 2.14. The second-order valence-electron chi connectivity index (χ2n) is 5.08. The lowest BCUT2D eigenvalue weighted by Crippen LogP contribution is -1.92. The van der Waals surface area contributed by atoms with Gasteiger partial charge in [-0.3, -0.25) is 0 Å². The third kappa shape index (κ3) is 3.45. The standard InChI is InChI=1S/C17H13Br2ClN2/c1-10-17(11-2-5-14(20)6-3-11)22-16(21-10)9-12-8-13(18)4-7-15(12)19/h2-8H,9H2,1H3,(H,21,22). The zero-order valence-corrected chi connectivity index (χ0v) is 15.8. The van der Waals surface area contributed by atoms with Gasteiger partial charge >= 0.3 is 0 Å². The Balaban J connectivity index is 1.92. The average molecular weight is 441 g/mol. The van der Waals surface area contributed by atoms with E-state index >= 15 is 0 Å². The van der Waals surface area contributed by atoms with Gasteiger partial charge in [0.1, 0.15) is 5.82 Å². The predicted molar refractivity (Wildman–Crippen MR) is 98.4 cm³/mol. The number of benzene rings is 2. The van der Waals surface area contributed by atoms with Crippen molar-refractivity contribution in [3.05, 3.63) is 73.5 Å². The maximum Gasteiger partial charge on any atom is 0.111 e. The van der Waals surface area contributed by atoms with E-state index in [2.05, 4.69) is 42.9 Å². The third-order valence-corrected chi connectivity index (χ3v) is 4.94. The number of aryl methyl sites for hydroxylation is 1. The molecule has 0 aliphatic heterocycles. The molecule has 0 unspecified atom stereocenters. The Morgan fingerprint density at radius 2 is 1.82 bits per heavy atom. The summed E-state index contributed by atoms with van der Waals surface area (Å²) in [6.45, 7) is 2.04. The van der Waals surface area contributed by atoms with E-state index in [9.17, 15) is 0 Å². The van der Waals surface area contributed by atoms with Gasteiger partial charge < -0.3 is 4.98 Å². The molecule has 5 heteroatoms. The van der Waals surface area contributed by atoms with Crippen LogP contribution >= 0.6 is 43.5 Å². The van der Waals surface area contributed by atoms with Gasteiger partial charge in [0.15, 0.2) is 0 Å². The van der Waals surface area contributed by atoms with Crippen LogP contribution in [0.15, 0.2) is 51.4 Å². The van der Waals surface area contributed by atoms with Crippen molar-refractivity contribution in [2.75, 3.05) is 0 Å². The predicted octanol–water partition coefficient (Wildman–Crippen LogP) is 6.15. The molecular formula is C17H13Br2ClN2. The van der Waals surface area contributed by atoms with Gasteiger partial charge in [0.2, 0.25) is 0 Å². The Morgan fingerprint density at radius 1 is 1.09 bits per heavy atom. The normalized spacial score (nSPS) is 10.9. The van der Waals surface area contributed by atoms with Crippen molar-refractivity contribution < 1.29 is 0 Å². The molecule has 2 aromatic carbocycles. The highest BCUT2D eigenvalue weighted by molar-refractivity contribution is 9.11. The Labute approximate surface area is 151 Å². The van der Waals surface area contributed by atoms with E-state index in [4.69, 9.17) is 16.6 Å². The lowest BCUT2D eigenvalue weighted by Gasteiger charge is -2.03. The summed E-state index contributed by atoms with van der Waals surface area (Å²) in [5.41, 5.74) is 4.28. The van der Waals surface area contributed by atoms with Crippen molar-refractivity contribution in [2.24, 2.45) is 0 Å². The van der Waals surface area contributed by atoms with Gasteiger partial charge in [-0.15, -0.1) is 0 Å². The molecule has 1 heterocycles. The zero-order valence-electron chi connectivity index (χ0n) is 11.8. The molecule has 0 spiro atoms. The van der Waals surface area contributed by atoms with Crippen LogP contribution in [0, 0.1) is 6.92 Å². The number of H-pyrrole nitrogens is 1. The molecule has 2 nitrogen and oxygen atoms in total. The smallest absolute Gasteiger partial charge is 0.111 e. The van der Waals surface area contributed by atoms with Gasteiger partial charge in [-0.2, -0.15) is 0 Å². The molecule has 0 amide bonds. The number of imidazole rings is 1. The van der Waals surface area contributed by atoms with Crippen LogP contribution in [0.5, 0.6) is 0 Å². The van der Waals surface area contributed by atoms with Crippen molar-refractivity contribution in [3.63, 3.8) is 0 Å². The molecule has 0 fully saturated rings. The average Bonchev–Trinajstić information content (AvgIpc) is 2.84. The van der Waals surface area contributed by atoms with Crippen LogP contribution in [-0.2, 0) is 6.42 Å². The molecule has 0 aliphatic rings. The van der Waals surface area contributed by atoms with E-state index in [0.29, 0.717) is 0 Å². The summed E-state index contributed by atoms with van der Waals surface area (Å²) in [7, 11) is 0. The number of hydrogen-bond donors (Lipinski definition) is 1. The van der Waals surface area contributed by atoms with Gasteiger partial charge in [-0.25, -0.2) is 4.98 Å². The Bertz CT molecular complexity index is 810. The fourth-order valence-corrected chi connectivity index (χ4v) is 3.28. The molecule has 1 aromatic heterocycles. The second kappa shape index (κ2) is 6.57. The van der Waals surface area contributed by atoms with E-state index in [1.807, 2.05) is 43.3 Å². The lowest BCUT2D eigenvalue weighted by atomic mass is 10.1. The molecule has 22 heavy (non-hydrogen) atoms. The Hall–Kier alpha value is -1.10. The topological polar surface area (TPSA) is 28.7 Å². The minimum atomic E-state index is 0.732. The van der Waals surface area contributed by atoms with Gasteiger partial charge in [0, 0.05) is 31.6 Å². The molecule has 3 rings (SSSR count). The maximum atomic E-state index is 5.95. The summed E-state index contributed by atoms with van der Waals surface area (Å²) in [6, 6.07) is 13.9. The first kappa shape index (κ1) is 15.8. The molecule has 0 aliphatic carbocycles. The first-order chi connectivity index (χ1) is 10.5. The number of nitrogens with one attached hydrogen (secondary N) is 1. The van der Waals surface area contributed by atoms with Crippen molar-refractivity contribution in [3.8, 4) is 11.3 Å². The van der Waals surface area contributed by atoms with Crippen LogP contribution in [0.1, 0.15) is 17.1 Å². The highest BCUT2D eigenvalue weighted by Crippen LogP contribution is 2.26. The fraction of sp³-hybridized carbons (Fsp3) is 0.118. The number of hydrogen-bond acceptors (Lipinski definition) is 1. The molecule has 0 bridgehead atoms. The highest BCUT2D eigenvalue weighted by atomic mass is 79.9. The summed E-state index contributed by atoms with van der Waals surface area (Å²) >= 11 is 13.0. The zero-order chi connectivity index (χ0) is 15.7.